The molecule has 1 aliphatic heterocycles. The first-order valence-corrected chi connectivity index (χ1v) is 9.21. The van der Waals surface area contributed by atoms with Crippen LogP contribution in [0.15, 0.2) is 36.5 Å². The Bertz CT molecular complexity index is 885. The Hall–Kier alpha value is -2.60. The second-order valence-corrected chi connectivity index (χ2v) is 7.36. The van der Waals surface area contributed by atoms with Crippen molar-refractivity contribution >= 4 is 29.1 Å². The fraction of sp³-hybridized carbons (Fsp3) is 0.350. The van der Waals surface area contributed by atoms with E-state index in [4.69, 9.17) is 22.1 Å². The molecule has 142 valence electrons. The molecule has 7 heteroatoms. The van der Waals surface area contributed by atoms with Crippen molar-refractivity contribution in [1.29, 1.82) is 0 Å². The molecule has 2 amide bonds. The predicted octanol–water partition coefficient (Wildman–Crippen LogP) is 3.53. The molecule has 0 bridgehead atoms. The first kappa shape index (κ1) is 19.2. The number of benzene rings is 1. The number of para-hydroxylation sites is 1. The second kappa shape index (κ2) is 7.56. The zero-order valence-corrected chi connectivity index (χ0v) is 16.2. The minimum atomic E-state index is -0.413. The summed E-state index contributed by atoms with van der Waals surface area (Å²) >= 11 is 6.24. The highest BCUT2D eigenvalue weighted by atomic mass is 35.5. The summed E-state index contributed by atoms with van der Waals surface area (Å²) in [5.41, 5.74) is 7.37. The zero-order valence-electron chi connectivity index (χ0n) is 15.5. The predicted molar refractivity (Wildman–Crippen MR) is 104 cm³/mol. The molecule has 6 nitrogen and oxygen atoms in total. The molecule has 2 N–H and O–H groups in total. The molecular formula is C20H22ClN3O3. The average molecular weight is 388 g/mol. The summed E-state index contributed by atoms with van der Waals surface area (Å²) in [6.45, 7) is 5.65. The number of rotatable bonds is 4. The number of amides is 2. The number of hydrogen-bond donors (Lipinski definition) is 1. The molecule has 2 atom stereocenters. The number of nitrogens with zero attached hydrogens (tertiary/aromatic N) is 2. The number of hydrogen-bond acceptors (Lipinski definition) is 4. The number of halogens is 1. The molecule has 0 fully saturated rings. The van der Waals surface area contributed by atoms with Gasteiger partial charge in [-0.2, -0.15) is 0 Å². The Morgan fingerprint density at radius 3 is 2.67 bits per heavy atom. The number of aromatic nitrogens is 1. The van der Waals surface area contributed by atoms with Crippen LogP contribution in [0.4, 0.5) is 5.69 Å². The van der Waals surface area contributed by atoms with E-state index in [1.165, 1.54) is 6.20 Å². The number of carbonyl (C=O) groups excluding carboxylic acids is 2. The van der Waals surface area contributed by atoms with Crippen LogP contribution in [0.2, 0.25) is 5.02 Å². The first-order chi connectivity index (χ1) is 12.8. The van der Waals surface area contributed by atoms with Gasteiger partial charge in [0.15, 0.2) is 0 Å². The summed E-state index contributed by atoms with van der Waals surface area (Å²) in [5, 5.41) is 0.280. The lowest BCUT2D eigenvalue weighted by Crippen LogP contribution is -2.45. The van der Waals surface area contributed by atoms with Gasteiger partial charge < -0.3 is 15.4 Å². The summed E-state index contributed by atoms with van der Waals surface area (Å²) in [6, 6.07) is 8.69. The van der Waals surface area contributed by atoms with Crippen molar-refractivity contribution in [2.45, 2.75) is 45.3 Å². The third kappa shape index (κ3) is 3.76. The topological polar surface area (TPSA) is 85.5 Å². The van der Waals surface area contributed by atoms with E-state index < -0.39 is 5.92 Å². The number of anilines is 1. The summed E-state index contributed by atoms with van der Waals surface area (Å²) < 4.78 is 5.52. The number of ether oxygens (including phenoxy) is 1. The van der Waals surface area contributed by atoms with Gasteiger partial charge in [0.25, 0.3) is 5.91 Å². The van der Waals surface area contributed by atoms with Crippen LogP contribution in [0.25, 0.3) is 0 Å². The van der Waals surface area contributed by atoms with Crippen LogP contribution in [-0.2, 0) is 4.79 Å². The molecule has 1 aliphatic rings. The van der Waals surface area contributed by atoms with Gasteiger partial charge in [0.05, 0.1) is 17.6 Å². The molecule has 0 saturated heterocycles. The lowest BCUT2D eigenvalue weighted by atomic mass is 9.85. The van der Waals surface area contributed by atoms with E-state index in [0.29, 0.717) is 23.6 Å². The van der Waals surface area contributed by atoms with Gasteiger partial charge in [-0.15, -0.1) is 0 Å². The number of carbonyl (C=O) groups is 2. The maximum absolute atomic E-state index is 13.2. The quantitative estimate of drug-likeness (QED) is 0.869. The Balaban J connectivity index is 1.98. The highest BCUT2D eigenvalue weighted by Crippen LogP contribution is 2.39. The lowest BCUT2D eigenvalue weighted by molar-refractivity contribution is -0.119. The fourth-order valence-corrected chi connectivity index (χ4v) is 3.59. The van der Waals surface area contributed by atoms with E-state index in [1.54, 1.807) is 11.0 Å². The number of fused-ring (bicyclic) bond motifs is 1. The van der Waals surface area contributed by atoms with Crippen molar-refractivity contribution in [3.8, 4) is 5.88 Å². The van der Waals surface area contributed by atoms with E-state index in [9.17, 15) is 9.59 Å². The van der Waals surface area contributed by atoms with Gasteiger partial charge >= 0.3 is 0 Å². The standard InChI is InChI=1S/C20H22ClN3O3/c1-11(2)27-19-16(21)9-13(10-23-19)20(26)24-12(3)8-15(18(22)25)14-6-4-5-7-17(14)24/h4-7,9-12,15H,8H2,1-3H3,(H2,22,25)/t12-,15+/m0/s1. The maximum atomic E-state index is 13.2. The van der Waals surface area contributed by atoms with Gasteiger partial charge in [0, 0.05) is 17.9 Å². The minimum Gasteiger partial charge on any atom is -0.474 e. The molecule has 0 unspecified atom stereocenters. The molecule has 1 aromatic carbocycles. The van der Waals surface area contributed by atoms with Crippen LogP contribution in [-0.4, -0.2) is 28.9 Å². The van der Waals surface area contributed by atoms with Crippen molar-refractivity contribution in [2.24, 2.45) is 5.73 Å². The van der Waals surface area contributed by atoms with E-state index in [1.807, 2.05) is 45.0 Å². The van der Waals surface area contributed by atoms with Crippen LogP contribution in [0.5, 0.6) is 5.88 Å². The Labute approximate surface area is 163 Å². The van der Waals surface area contributed by atoms with Crippen LogP contribution >= 0.6 is 11.6 Å². The molecular weight excluding hydrogens is 366 g/mol. The summed E-state index contributed by atoms with van der Waals surface area (Å²) in [7, 11) is 0. The van der Waals surface area contributed by atoms with E-state index in [-0.39, 0.29) is 29.0 Å². The van der Waals surface area contributed by atoms with Crippen LogP contribution < -0.4 is 15.4 Å². The number of primary amides is 1. The molecule has 1 aromatic heterocycles. The molecule has 0 spiro atoms. The van der Waals surface area contributed by atoms with Gasteiger partial charge in [0.1, 0.15) is 5.02 Å². The molecule has 0 saturated carbocycles. The maximum Gasteiger partial charge on any atom is 0.260 e. The van der Waals surface area contributed by atoms with Gasteiger partial charge in [-0.05, 0) is 44.9 Å². The zero-order chi connectivity index (χ0) is 19.7. The Morgan fingerprint density at radius 2 is 2.04 bits per heavy atom. The first-order valence-electron chi connectivity index (χ1n) is 8.83. The van der Waals surface area contributed by atoms with E-state index in [0.717, 1.165) is 5.56 Å². The fourth-order valence-electron chi connectivity index (χ4n) is 3.38. The third-order valence-electron chi connectivity index (χ3n) is 4.55. The number of pyridine rings is 1. The summed E-state index contributed by atoms with van der Waals surface area (Å²) in [5.74, 6) is -0.738. The lowest BCUT2D eigenvalue weighted by Gasteiger charge is -2.38. The van der Waals surface area contributed by atoms with Crippen LogP contribution in [0, 0.1) is 0 Å². The van der Waals surface area contributed by atoms with Crippen molar-refractivity contribution in [2.75, 3.05) is 4.90 Å². The highest BCUT2D eigenvalue weighted by Gasteiger charge is 2.36. The summed E-state index contributed by atoms with van der Waals surface area (Å²) in [6.07, 6.45) is 1.85. The molecule has 3 rings (SSSR count). The minimum absolute atomic E-state index is 0.0729. The van der Waals surface area contributed by atoms with Gasteiger partial charge in [-0.1, -0.05) is 29.8 Å². The Morgan fingerprint density at radius 1 is 1.33 bits per heavy atom. The molecule has 2 heterocycles. The van der Waals surface area contributed by atoms with Crippen molar-refractivity contribution in [3.05, 3.63) is 52.7 Å². The van der Waals surface area contributed by atoms with Crippen molar-refractivity contribution in [3.63, 3.8) is 0 Å². The van der Waals surface area contributed by atoms with Gasteiger partial charge in [-0.3, -0.25) is 9.59 Å². The van der Waals surface area contributed by atoms with Crippen molar-refractivity contribution in [1.82, 2.24) is 4.98 Å². The largest absolute Gasteiger partial charge is 0.474 e. The third-order valence-corrected chi connectivity index (χ3v) is 4.82. The van der Waals surface area contributed by atoms with E-state index in [2.05, 4.69) is 4.98 Å². The molecule has 0 radical (unpaired) electrons. The highest BCUT2D eigenvalue weighted by molar-refractivity contribution is 6.32. The SMILES string of the molecule is CC(C)Oc1ncc(C(=O)N2c3ccccc3[C@H](C(N)=O)C[C@@H]2C)cc1Cl. The van der Waals surface area contributed by atoms with Crippen LogP contribution in [0.3, 0.4) is 0 Å². The summed E-state index contributed by atoms with van der Waals surface area (Å²) in [4.78, 5) is 30.9. The molecule has 2 aromatic rings. The molecule has 27 heavy (non-hydrogen) atoms. The van der Waals surface area contributed by atoms with Gasteiger partial charge in [0.2, 0.25) is 11.8 Å². The average Bonchev–Trinajstić information content (AvgIpc) is 2.61. The van der Waals surface area contributed by atoms with Crippen molar-refractivity contribution < 1.29 is 14.3 Å². The van der Waals surface area contributed by atoms with Gasteiger partial charge in [-0.25, -0.2) is 4.98 Å². The normalized spacial score (nSPS) is 18.9. The monoisotopic (exact) mass is 387 g/mol. The number of nitrogens with two attached hydrogens (primary N) is 1. The van der Waals surface area contributed by atoms with Crippen LogP contribution in [0.1, 0.15) is 49.0 Å². The van der Waals surface area contributed by atoms with E-state index >= 15 is 0 Å². The smallest absolute Gasteiger partial charge is 0.260 e. The Kier molecular flexibility index (Phi) is 5.37. The second-order valence-electron chi connectivity index (χ2n) is 6.95. The molecule has 0 aliphatic carbocycles.